The van der Waals surface area contributed by atoms with Gasteiger partial charge in [-0.2, -0.15) is 0 Å². The van der Waals surface area contributed by atoms with Crippen LogP contribution in [0.2, 0.25) is 0 Å². The molecule has 2 heterocycles. The Morgan fingerprint density at radius 3 is 2.44 bits per heavy atom. The summed E-state index contributed by atoms with van der Waals surface area (Å²) < 4.78 is 18.3. The van der Waals surface area contributed by atoms with Gasteiger partial charge in [0.25, 0.3) is 0 Å². The lowest BCUT2D eigenvalue weighted by Crippen LogP contribution is -2.39. The molecule has 92 valence electrons. The molecule has 1 fully saturated rings. The van der Waals surface area contributed by atoms with Gasteiger partial charge in [0, 0.05) is 31.3 Å². The summed E-state index contributed by atoms with van der Waals surface area (Å²) in [6, 6.07) is 9.77. The molecule has 1 aromatic heterocycles. The van der Waals surface area contributed by atoms with Crippen molar-refractivity contribution in [2.75, 3.05) is 13.1 Å². The lowest BCUT2D eigenvalue weighted by atomic mass is 9.95. The van der Waals surface area contributed by atoms with E-state index in [1.165, 1.54) is 17.7 Å². The first kappa shape index (κ1) is 11.2. The largest absolute Gasteiger partial charge is 0.439 e. The molecule has 0 unspecified atom stereocenters. The molecule has 4 heteroatoms. The van der Waals surface area contributed by atoms with Crippen LogP contribution < -0.4 is 10.1 Å². The highest BCUT2D eigenvalue weighted by Gasteiger charge is 2.18. The zero-order valence-corrected chi connectivity index (χ0v) is 9.77. The maximum absolute atomic E-state index is 12.7. The summed E-state index contributed by atoms with van der Waals surface area (Å²) in [5.74, 6) is 1.40. The van der Waals surface area contributed by atoms with E-state index in [2.05, 4.69) is 10.3 Å². The van der Waals surface area contributed by atoms with Crippen LogP contribution in [0.25, 0.3) is 0 Å². The van der Waals surface area contributed by atoms with E-state index in [0.29, 0.717) is 17.5 Å². The van der Waals surface area contributed by atoms with Crippen LogP contribution in [0.3, 0.4) is 0 Å². The third kappa shape index (κ3) is 2.33. The first-order chi connectivity index (χ1) is 8.81. The van der Waals surface area contributed by atoms with Gasteiger partial charge >= 0.3 is 0 Å². The van der Waals surface area contributed by atoms with Crippen molar-refractivity contribution >= 4 is 0 Å². The molecule has 3 rings (SSSR count). The molecule has 0 aliphatic carbocycles. The van der Waals surface area contributed by atoms with Crippen LogP contribution in [-0.2, 0) is 0 Å². The quantitative estimate of drug-likeness (QED) is 0.901. The van der Waals surface area contributed by atoms with Crippen molar-refractivity contribution in [2.24, 2.45) is 0 Å². The van der Waals surface area contributed by atoms with Crippen LogP contribution >= 0.6 is 0 Å². The highest BCUT2D eigenvalue weighted by atomic mass is 19.1. The average molecular weight is 244 g/mol. The van der Waals surface area contributed by atoms with Crippen molar-refractivity contribution in [1.29, 1.82) is 0 Å². The molecule has 0 amide bonds. The number of hydrogen-bond acceptors (Lipinski definition) is 3. The minimum absolute atomic E-state index is 0.275. The molecule has 1 aliphatic heterocycles. The second kappa shape index (κ2) is 4.74. The van der Waals surface area contributed by atoms with Gasteiger partial charge in [-0.15, -0.1) is 0 Å². The van der Waals surface area contributed by atoms with Crippen LogP contribution in [0.15, 0.2) is 42.6 Å². The molecule has 2 aromatic rings. The Labute approximate surface area is 105 Å². The summed E-state index contributed by atoms with van der Waals surface area (Å²) in [5, 5.41) is 3.22. The van der Waals surface area contributed by atoms with Crippen LogP contribution in [0.5, 0.6) is 11.6 Å². The maximum atomic E-state index is 12.7. The zero-order chi connectivity index (χ0) is 12.4. The van der Waals surface area contributed by atoms with Crippen LogP contribution in [0.1, 0.15) is 11.5 Å². The standard InChI is InChI=1S/C14H13FN2O/c15-12-2-4-13(5-3-12)18-14-6-1-10(9-17-14)11-7-16-8-11/h1-6,9,11,16H,7-8H2. The number of aromatic nitrogens is 1. The third-order valence-corrected chi connectivity index (χ3v) is 3.05. The van der Waals surface area contributed by atoms with Crippen molar-refractivity contribution in [3.8, 4) is 11.6 Å². The SMILES string of the molecule is Fc1ccc(Oc2ccc(C3CNC3)cn2)cc1. The molecular formula is C14H13FN2O. The zero-order valence-electron chi connectivity index (χ0n) is 9.77. The molecule has 0 saturated carbocycles. The summed E-state index contributed by atoms with van der Waals surface area (Å²) in [5.41, 5.74) is 1.22. The summed E-state index contributed by atoms with van der Waals surface area (Å²) in [6.07, 6.45) is 1.84. The van der Waals surface area contributed by atoms with E-state index in [4.69, 9.17) is 4.74 Å². The van der Waals surface area contributed by atoms with Gasteiger partial charge in [0.1, 0.15) is 11.6 Å². The predicted molar refractivity (Wildman–Crippen MR) is 66.3 cm³/mol. The Kier molecular flexibility index (Phi) is 2.94. The number of nitrogens with zero attached hydrogens (tertiary/aromatic N) is 1. The van der Waals surface area contributed by atoms with Crippen LogP contribution in [0.4, 0.5) is 4.39 Å². The molecule has 1 saturated heterocycles. The number of halogens is 1. The molecular weight excluding hydrogens is 231 g/mol. The van der Waals surface area contributed by atoms with Crippen molar-refractivity contribution in [3.63, 3.8) is 0 Å². The van der Waals surface area contributed by atoms with Gasteiger partial charge in [-0.1, -0.05) is 6.07 Å². The van der Waals surface area contributed by atoms with Gasteiger partial charge < -0.3 is 10.1 Å². The van der Waals surface area contributed by atoms with E-state index >= 15 is 0 Å². The van der Waals surface area contributed by atoms with E-state index in [1.54, 1.807) is 12.1 Å². The van der Waals surface area contributed by atoms with Crippen molar-refractivity contribution < 1.29 is 9.13 Å². The fourth-order valence-corrected chi connectivity index (χ4v) is 1.84. The molecule has 3 nitrogen and oxygen atoms in total. The minimum Gasteiger partial charge on any atom is -0.439 e. The molecule has 0 spiro atoms. The van der Waals surface area contributed by atoms with Crippen LogP contribution in [0, 0.1) is 5.82 Å². The lowest BCUT2D eigenvalue weighted by Gasteiger charge is -2.27. The third-order valence-electron chi connectivity index (χ3n) is 3.05. The van der Waals surface area contributed by atoms with Gasteiger partial charge in [0.05, 0.1) is 0 Å². The van der Waals surface area contributed by atoms with E-state index in [0.717, 1.165) is 13.1 Å². The summed E-state index contributed by atoms with van der Waals surface area (Å²) in [6.45, 7) is 2.03. The highest BCUT2D eigenvalue weighted by Crippen LogP contribution is 2.23. The summed E-state index contributed by atoms with van der Waals surface area (Å²) in [7, 11) is 0. The van der Waals surface area contributed by atoms with Crippen molar-refractivity contribution in [1.82, 2.24) is 10.3 Å². The number of hydrogen-bond donors (Lipinski definition) is 1. The van der Waals surface area contributed by atoms with Gasteiger partial charge in [0.2, 0.25) is 5.88 Å². The topological polar surface area (TPSA) is 34.1 Å². The summed E-state index contributed by atoms with van der Waals surface area (Å²) in [4.78, 5) is 4.26. The number of pyridine rings is 1. The first-order valence-corrected chi connectivity index (χ1v) is 5.91. The predicted octanol–water partition coefficient (Wildman–Crippen LogP) is 2.70. The monoisotopic (exact) mass is 244 g/mol. The second-order valence-corrected chi connectivity index (χ2v) is 4.34. The summed E-state index contributed by atoms with van der Waals surface area (Å²) >= 11 is 0. The molecule has 0 bridgehead atoms. The van der Waals surface area contributed by atoms with Gasteiger partial charge in [-0.05, 0) is 29.8 Å². The van der Waals surface area contributed by atoms with Gasteiger partial charge in [-0.25, -0.2) is 9.37 Å². The van der Waals surface area contributed by atoms with E-state index in [9.17, 15) is 4.39 Å². The Morgan fingerprint density at radius 2 is 1.89 bits per heavy atom. The fourth-order valence-electron chi connectivity index (χ4n) is 1.84. The number of ether oxygens (including phenoxy) is 1. The number of nitrogens with one attached hydrogen (secondary N) is 1. The molecule has 1 N–H and O–H groups in total. The Morgan fingerprint density at radius 1 is 1.11 bits per heavy atom. The van der Waals surface area contributed by atoms with E-state index < -0.39 is 0 Å². The Balaban J connectivity index is 1.70. The number of rotatable bonds is 3. The smallest absolute Gasteiger partial charge is 0.219 e. The lowest BCUT2D eigenvalue weighted by molar-refractivity contribution is 0.440. The van der Waals surface area contributed by atoms with E-state index in [-0.39, 0.29) is 5.82 Å². The van der Waals surface area contributed by atoms with E-state index in [1.807, 2.05) is 18.3 Å². The first-order valence-electron chi connectivity index (χ1n) is 5.91. The molecule has 0 radical (unpaired) electrons. The molecule has 18 heavy (non-hydrogen) atoms. The maximum Gasteiger partial charge on any atom is 0.219 e. The molecule has 0 atom stereocenters. The van der Waals surface area contributed by atoms with Gasteiger partial charge in [0.15, 0.2) is 0 Å². The molecule has 1 aromatic carbocycles. The Bertz CT molecular complexity index is 520. The minimum atomic E-state index is -0.275. The Hall–Kier alpha value is -1.94. The van der Waals surface area contributed by atoms with Gasteiger partial charge in [-0.3, -0.25) is 0 Å². The number of benzene rings is 1. The van der Waals surface area contributed by atoms with Crippen LogP contribution in [-0.4, -0.2) is 18.1 Å². The molecule has 1 aliphatic rings. The van der Waals surface area contributed by atoms with Crippen molar-refractivity contribution in [2.45, 2.75) is 5.92 Å². The average Bonchev–Trinajstić information content (AvgIpc) is 2.32. The van der Waals surface area contributed by atoms with Crippen molar-refractivity contribution in [3.05, 3.63) is 54.0 Å². The highest BCUT2D eigenvalue weighted by molar-refractivity contribution is 5.29. The second-order valence-electron chi connectivity index (χ2n) is 4.34. The fraction of sp³-hybridized carbons (Fsp3) is 0.214. The normalized spacial score (nSPS) is 15.2.